The van der Waals surface area contributed by atoms with E-state index in [1.165, 1.54) is 0 Å². The molecule has 1 aliphatic rings. The average molecular weight is 532 g/mol. The number of amides is 2. The van der Waals surface area contributed by atoms with Crippen LogP contribution < -0.4 is 15.4 Å². The highest BCUT2D eigenvalue weighted by Crippen LogP contribution is 2.23. The summed E-state index contributed by atoms with van der Waals surface area (Å²) in [6.45, 7) is 15.6. The van der Waals surface area contributed by atoms with E-state index in [9.17, 15) is 14.4 Å². The van der Waals surface area contributed by atoms with Crippen molar-refractivity contribution in [1.82, 2.24) is 15.5 Å². The van der Waals surface area contributed by atoms with Gasteiger partial charge in [0.25, 0.3) is 0 Å². The number of esters is 1. The molecule has 1 fully saturated rings. The van der Waals surface area contributed by atoms with E-state index >= 15 is 0 Å². The maximum Gasteiger partial charge on any atom is 0.307 e. The van der Waals surface area contributed by atoms with Crippen LogP contribution >= 0.6 is 0 Å². The summed E-state index contributed by atoms with van der Waals surface area (Å²) in [5.41, 5.74) is -1.15. The third-order valence-corrected chi connectivity index (χ3v) is 6.62. The van der Waals surface area contributed by atoms with Crippen molar-refractivity contribution < 1.29 is 23.9 Å². The Balaban J connectivity index is 2.02. The van der Waals surface area contributed by atoms with Crippen molar-refractivity contribution in [2.24, 2.45) is 11.3 Å². The molecule has 3 atom stereocenters. The Kier molecular flexibility index (Phi) is 12.1. The molecule has 0 aromatic heterocycles. The summed E-state index contributed by atoms with van der Waals surface area (Å²) in [5.74, 6) is -0.730. The van der Waals surface area contributed by atoms with E-state index < -0.39 is 28.9 Å². The highest BCUT2D eigenvalue weighted by molar-refractivity contribution is 5.90. The number of carbonyl (C=O) groups is 3. The molecule has 38 heavy (non-hydrogen) atoms. The second-order valence-corrected chi connectivity index (χ2v) is 12.4. The number of hydrogen-bond acceptors (Lipinski definition) is 6. The van der Waals surface area contributed by atoms with Gasteiger partial charge in [0.2, 0.25) is 11.8 Å². The fourth-order valence-electron chi connectivity index (χ4n) is 4.55. The Morgan fingerprint density at radius 1 is 0.921 bits per heavy atom. The van der Waals surface area contributed by atoms with Gasteiger partial charge in [-0.2, -0.15) is 0 Å². The first kappa shape index (κ1) is 31.6. The normalized spacial score (nSPS) is 16.8. The number of nitrogens with zero attached hydrogens (tertiary/aromatic N) is 1. The smallest absolute Gasteiger partial charge is 0.307 e. The van der Waals surface area contributed by atoms with Gasteiger partial charge < -0.3 is 20.1 Å². The van der Waals surface area contributed by atoms with Crippen molar-refractivity contribution >= 4 is 17.8 Å². The molecule has 0 radical (unpaired) electrons. The molecule has 8 heteroatoms. The lowest BCUT2D eigenvalue weighted by Gasteiger charge is -2.34. The molecule has 1 unspecified atom stereocenters. The van der Waals surface area contributed by atoms with Crippen molar-refractivity contribution in [2.45, 2.75) is 105 Å². The standard InChI is InChI=1S/C30H49N3O5/c1-22(33-18-12-13-19-33)31-28(36)26(29(2,3)4)32-27(35)23(21-25(34)38-30(5,6)7)15-11-14-20-37-24-16-9-8-10-17-24/h8-10,16-17,22-23,26H,11-15,18-21H2,1-7H3,(H,31,36)(H,32,35)/t22?,23-,26-/m1/s1. The zero-order valence-electron chi connectivity index (χ0n) is 24.5. The van der Waals surface area contributed by atoms with Gasteiger partial charge in [0.05, 0.1) is 19.2 Å². The van der Waals surface area contributed by atoms with Crippen molar-refractivity contribution in [2.75, 3.05) is 19.7 Å². The van der Waals surface area contributed by atoms with Crippen LogP contribution in [0.4, 0.5) is 0 Å². The molecule has 0 bridgehead atoms. The number of para-hydroxylation sites is 1. The number of unbranched alkanes of at least 4 members (excludes halogenated alkanes) is 1. The topological polar surface area (TPSA) is 97.0 Å². The van der Waals surface area contributed by atoms with Gasteiger partial charge in [-0.1, -0.05) is 39.0 Å². The van der Waals surface area contributed by atoms with E-state index in [1.54, 1.807) is 0 Å². The van der Waals surface area contributed by atoms with Crippen molar-refractivity contribution in [3.8, 4) is 5.75 Å². The van der Waals surface area contributed by atoms with Gasteiger partial charge in [0, 0.05) is 19.0 Å². The maximum absolute atomic E-state index is 13.5. The fourth-order valence-corrected chi connectivity index (χ4v) is 4.55. The largest absolute Gasteiger partial charge is 0.494 e. The Hall–Kier alpha value is -2.61. The molecular formula is C30H49N3O5. The molecule has 1 heterocycles. The molecule has 0 aliphatic carbocycles. The molecule has 8 nitrogen and oxygen atoms in total. The molecule has 1 aliphatic heterocycles. The molecule has 2 rings (SSSR count). The maximum atomic E-state index is 13.5. The van der Waals surface area contributed by atoms with Crippen LogP contribution in [-0.2, 0) is 19.1 Å². The van der Waals surface area contributed by atoms with Crippen LogP contribution in [0.15, 0.2) is 30.3 Å². The van der Waals surface area contributed by atoms with Crippen LogP contribution in [0.1, 0.15) is 87.0 Å². The van der Waals surface area contributed by atoms with Gasteiger partial charge in [-0.3, -0.25) is 19.3 Å². The molecule has 2 N–H and O–H groups in total. The van der Waals surface area contributed by atoms with Crippen molar-refractivity contribution in [1.29, 1.82) is 0 Å². The minimum Gasteiger partial charge on any atom is -0.494 e. The van der Waals surface area contributed by atoms with Gasteiger partial charge in [0.15, 0.2) is 0 Å². The van der Waals surface area contributed by atoms with Gasteiger partial charge in [-0.25, -0.2) is 0 Å². The van der Waals surface area contributed by atoms with Gasteiger partial charge in [-0.15, -0.1) is 0 Å². The molecule has 214 valence electrons. The quantitative estimate of drug-likeness (QED) is 0.284. The first-order valence-electron chi connectivity index (χ1n) is 14.0. The van der Waals surface area contributed by atoms with E-state index in [0.717, 1.165) is 38.1 Å². The third kappa shape index (κ3) is 11.4. The van der Waals surface area contributed by atoms with E-state index in [2.05, 4.69) is 15.5 Å². The summed E-state index contributed by atoms with van der Waals surface area (Å²) in [6, 6.07) is 8.85. The number of ether oxygens (including phenoxy) is 2. The lowest BCUT2D eigenvalue weighted by molar-refractivity contribution is -0.157. The van der Waals surface area contributed by atoms with Crippen LogP contribution in [-0.4, -0.2) is 60.2 Å². The van der Waals surface area contributed by atoms with Crippen LogP contribution in [0.2, 0.25) is 0 Å². The van der Waals surface area contributed by atoms with Gasteiger partial charge in [0.1, 0.15) is 17.4 Å². The summed E-state index contributed by atoms with van der Waals surface area (Å²) >= 11 is 0. The highest BCUT2D eigenvalue weighted by atomic mass is 16.6. The zero-order valence-corrected chi connectivity index (χ0v) is 24.5. The molecule has 1 aromatic rings. The Labute approximate surface area is 229 Å². The van der Waals surface area contributed by atoms with Gasteiger partial charge >= 0.3 is 5.97 Å². The average Bonchev–Trinajstić information content (AvgIpc) is 3.35. The van der Waals surface area contributed by atoms with E-state index in [1.807, 2.05) is 78.8 Å². The van der Waals surface area contributed by atoms with E-state index in [0.29, 0.717) is 19.4 Å². The predicted octanol–water partition coefficient (Wildman–Crippen LogP) is 4.67. The lowest BCUT2D eigenvalue weighted by Crippen LogP contribution is -2.58. The lowest BCUT2D eigenvalue weighted by atomic mass is 9.85. The molecular weight excluding hydrogens is 482 g/mol. The predicted molar refractivity (Wildman–Crippen MR) is 150 cm³/mol. The Morgan fingerprint density at radius 2 is 1.55 bits per heavy atom. The van der Waals surface area contributed by atoms with Crippen LogP contribution in [0.25, 0.3) is 0 Å². The van der Waals surface area contributed by atoms with Crippen molar-refractivity contribution in [3.63, 3.8) is 0 Å². The highest BCUT2D eigenvalue weighted by Gasteiger charge is 2.36. The monoisotopic (exact) mass is 531 g/mol. The number of rotatable bonds is 13. The molecule has 1 aromatic carbocycles. The summed E-state index contributed by atoms with van der Waals surface area (Å²) < 4.78 is 11.3. The summed E-state index contributed by atoms with van der Waals surface area (Å²) in [7, 11) is 0. The van der Waals surface area contributed by atoms with Crippen molar-refractivity contribution in [3.05, 3.63) is 30.3 Å². The number of carbonyl (C=O) groups excluding carboxylic acids is 3. The first-order chi connectivity index (χ1) is 17.8. The van der Waals surface area contributed by atoms with E-state index in [-0.39, 0.29) is 24.4 Å². The number of hydrogen-bond donors (Lipinski definition) is 2. The molecule has 0 saturated carbocycles. The molecule has 2 amide bonds. The minimum atomic E-state index is -0.734. The molecule has 0 spiro atoms. The van der Waals surface area contributed by atoms with Crippen LogP contribution in [0.3, 0.4) is 0 Å². The second-order valence-electron chi connectivity index (χ2n) is 12.4. The fraction of sp³-hybridized carbons (Fsp3) is 0.700. The third-order valence-electron chi connectivity index (χ3n) is 6.62. The second kappa shape index (κ2) is 14.5. The molecule has 1 saturated heterocycles. The first-order valence-corrected chi connectivity index (χ1v) is 14.0. The summed E-state index contributed by atoms with van der Waals surface area (Å²) in [4.78, 5) is 41.7. The number of likely N-dealkylation sites (tertiary alicyclic amines) is 1. The number of benzene rings is 1. The zero-order chi connectivity index (χ0) is 28.3. The Bertz CT molecular complexity index is 885. The van der Waals surface area contributed by atoms with Crippen LogP contribution in [0.5, 0.6) is 5.75 Å². The summed E-state index contributed by atoms with van der Waals surface area (Å²) in [6.07, 6.45) is 4.05. The number of nitrogens with one attached hydrogen (secondary N) is 2. The van der Waals surface area contributed by atoms with E-state index in [4.69, 9.17) is 9.47 Å². The van der Waals surface area contributed by atoms with Gasteiger partial charge in [-0.05, 0) is 77.3 Å². The SMILES string of the molecule is CC(NC(=O)[C@@H](NC(=O)[C@H](CCCCOc1ccccc1)CC(=O)OC(C)(C)C)C(C)(C)C)N1CCCC1. The minimum absolute atomic E-state index is 0.0364. The summed E-state index contributed by atoms with van der Waals surface area (Å²) in [5, 5.41) is 6.06. The Morgan fingerprint density at radius 3 is 2.13 bits per heavy atom. The van der Waals surface area contributed by atoms with Crippen LogP contribution in [0, 0.1) is 11.3 Å².